The summed E-state index contributed by atoms with van der Waals surface area (Å²) in [6, 6.07) is 45.7. The SMILES string of the molecule is c1ccc(-c2ccc(-c3nc(-c4ccccc4)nc(-c4cccc5c4-c4ccccc4C54C5CC6CC(C5)CC4C6)n3)cc2)cc1. The number of rotatable bonds is 4. The van der Waals surface area contributed by atoms with Gasteiger partial charge in [-0.3, -0.25) is 0 Å². The van der Waals surface area contributed by atoms with Crippen LogP contribution in [0, 0.1) is 23.7 Å². The Morgan fingerprint density at radius 2 is 0.870 bits per heavy atom. The van der Waals surface area contributed by atoms with Gasteiger partial charge in [0.25, 0.3) is 0 Å². The maximum Gasteiger partial charge on any atom is 0.164 e. The minimum atomic E-state index is 0.112. The summed E-state index contributed by atoms with van der Waals surface area (Å²) in [4.78, 5) is 15.5. The summed E-state index contributed by atoms with van der Waals surface area (Å²) < 4.78 is 0. The number of aromatic nitrogens is 3. The first-order valence-corrected chi connectivity index (χ1v) is 17.0. The van der Waals surface area contributed by atoms with E-state index in [1.54, 1.807) is 5.56 Å². The molecule has 0 saturated heterocycles. The Morgan fingerprint density at radius 3 is 1.54 bits per heavy atom. The number of hydrogen-bond donors (Lipinski definition) is 0. The van der Waals surface area contributed by atoms with E-state index in [1.807, 2.05) is 6.07 Å². The van der Waals surface area contributed by atoms with Crippen molar-refractivity contribution in [2.45, 2.75) is 37.5 Å². The van der Waals surface area contributed by atoms with Gasteiger partial charge in [0.05, 0.1) is 0 Å². The van der Waals surface area contributed by atoms with Crippen molar-refractivity contribution in [3.63, 3.8) is 0 Å². The van der Waals surface area contributed by atoms with Gasteiger partial charge in [-0.05, 0) is 89.2 Å². The highest BCUT2D eigenvalue weighted by molar-refractivity contribution is 5.92. The average molecular weight is 594 g/mol. The second-order valence-corrected chi connectivity index (χ2v) is 14.1. The van der Waals surface area contributed by atoms with Crippen LogP contribution in [0.3, 0.4) is 0 Å². The van der Waals surface area contributed by atoms with Crippen molar-refractivity contribution >= 4 is 0 Å². The minimum Gasteiger partial charge on any atom is -0.208 e. The minimum absolute atomic E-state index is 0.112. The molecule has 4 bridgehead atoms. The van der Waals surface area contributed by atoms with Gasteiger partial charge in [-0.2, -0.15) is 0 Å². The standard InChI is InChI=1S/C43H35N3/c1-3-10-29(11-4-1)30-18-20-32(21-19-30)41-44-40(31-12-5-2-6-13-31)45-42(46-41)36-15-9-17-38-39(36)35-14-7-8-16-37(35)43(38)33-23-27-22-28(25-33)26-34(43)24-27/h1-21,27-28,33-34H,22-26H2. The molecule has 1 heterocycles. The molecule has 1 spiro atoms. The number of fused-ring (bicyclic) bond motifs is 3. The van der Waals surface area contributed by atoms with Gasteiger partial charge >= 0.3 is 0 Å². The fraction of sp³-hybridized carbons (Fsp3) is 0.233. The van der Waals surface area contributed by atoms with Gasteiger partial charge in [0.15, 0.2) is 17.5 Å². The summed E-state index contributed by atoms with van der Waals surface area (Å²) in [7, 11) is 0. The predicted octanol–water partition coefficient (Wildman–Crippen LogP) is 10.3. The zero-order valence-corrected chi connectivity index (χ0v) is 25.8. The third-order valence-corrected chi connectivity index (χ3v) is 11.7. The molecule has 4 fully saturated rings. The van der Waals surface area contributed by atoms with Crippen LogP contribution in [0.4, 0.5) is 0 Å². The molecule has 0 N–H and O–H groups in total. The van der Waals surface area contributed by atoms with Crippen molar-refractivity contribution < 1.29 is 0 Å². The molecule has 5 aliphatic rings. The zero-order chi connectivity index (χ0) is 30.2. The summed E-state index contributed by atoms with van der Waals surface area (Å²) in [5.74, 6) is 5.44. The molecule has 3 nitrogen and oxygen atoms in total. The van der Waals surface area contributed by atoms with E-state index in [0.717, 1.165) is 46.2 Å². The highest BCUT2D eigenvalue weighted by Crippen LogP contribution is 2.69. The molecule has 0 radical (unpaired) electrons. The summed E-state index contributed by atoms with van der Waals surface area (Å²) in [6.07, 6.45) is 6.95. The second-order valence-electron chi connectivity index (χ2n) is 14.1. The normalized spacial score (nSPS) is 25.0. The highest BCUT2D eigenvalue weighted by Gasteiger charge is 2.61. The third-order valence-electron chi connectivity index (χ3n) is 11.7. The van der Waals surface area contributed by atoms with Crippen LogP contribution in [-0.4, -0.2) is 15.0 Å². The van der Waals surface area contributed by atoms with Crippen LogP contribution in [0.25, 0.3) is 56.4 Å². The predicted molar refractivity (Wildman–Crippen MR) is 185 cm³/mol. The summed E-state index contributed by atoms with van der Waals surface area (Å²) >= 11 is 0. The quantitative estimate of drug-likeness (QED) is 0.204. The molecule has 3 heteroatoms. The van der Waals surface area contributed by atoms with E-state index >= 15 is 0 Å². The van der Waals surface area contributed by atoms with Crippen molar-refractivity contribution in [2.75, 3.05) is 0 Å². The fourth-order valence-corrected chi connectivity index (χ4v) is 10.2. The van der Waals surface area contributed by atoms with Crippen LogP contribution in [0.15, 0.2) is 127 Å². The molecule has 11 rings (SSSR count). The topological polar surface area (TPSA) is 38.7 Å². The third kappa shape index (κ3) is 3.81. The van der Waals surface area contributed by atoms with Crippen molar-refractivity contribution in [2.24, 2.45) is 23.7 Å². The number of hydrogen-bond acceptors (Lipinski definition) is 3. The molecule has 0 amide bonds. The summed E-state index contributed by atoms with van der Waals surface area (Å²) in [5, 5.41) is 0. The molecule has 1 aromatic heterocycles. The smallest absolute Gasteiger partial charge is 0.164 e. The first-order chi connectivity index (χ1) is 22.8. The van der Waals surface area contributed by atoms with E-state index in [2.05, 4.69) is 121 Å². The van der Waals surface area contributed by atoms with Gasteiger partial charge in [-0.25, -0.2) is 15.0 Å². The number of benzene rings is 5. The lowest BCUT2D eigenvalue weighted by Crippen LogP contribution is -2.55. The van der Waals surface area contributed by atoms with Crippen molar-refractivity contribution in [3.8, 4) is 56.4 Å². The van der Waals surface area contributed by atoms with E-state index in [9.17, 15) is 0 Å². The first kappa shape index (κ1) is 26.3. The lowest BCUT2D eigenvalue weighted by Gasteiger charge is -2.61. The van der Waals surface area contributed by atoms with Crippen molar-refractivity contribution in [3.05, 3.63) is 139 Å². The fourth-order valence-electron chi connectivity index (χ4n) is 10.2. The summed E-state index contributed by atoms with van der Waals surface area (Å²) in [6.45, 7) is 0. The van der Waals surface area contributed by atoms with Gasteiger partial charge in [0, 0.05) is 22.1 Å². The molecule has 5 aliphatic carbocycles. The maximum absolute atomic E-state index is 5.25. The molecule has 5 aromatic carbocycles. The summed E-state index contributed by atoms with van der Waals surface area (Å²) in [5.41, 5.74) is 11.4. The Hall–Kier alpha value is -4.89. The van der Waals surface area contributed by atoms with Crippen molar-refractivity contribution in [1.29, 1.82) is 0 Å². The molecule has 0 unspecified atom stereocenters. The van der Waals surface area contributed by atoms with Crippen LogP contribution in [0.1, 0.15) is 43.2 Å². The largest absolute Gasteiger partial charge is 0.208 e. The molecule has 46 heavy (non-hydrogen) atoms. The lowest BCUT2D eigenvalue weighted by molar-refractivity contribution is -0.0399. The van der Waals surface area contributed by atoms with Crippen LogP contribution in [0.2, 0.25) is 0 Å². The van der Waals surface area contributed by atoms with Gasteiger partial charge in [0.2, 0.25) is 0 Å². The highest BCUT2D eigenvalue weighted by atomic mass is 15.0. The molecule has 222 valence electrons. The zero-order valence-electron chi connectivity index (χ0n) is 25.8. The van der Waals surface area contributed by atoms with E-state index < -0.39 is 0 Å². The molecular weight excluding hydrogens is 558 g/mol. The van der Waals surface area contributed by atoms with Crippen LogP contribution < -0.4 is 0 Å². The van der Waals surface area contributed by atoms with E-state index in [-0.39, 0.29) is 5.41 Å². The second kappa shape index (κ2) is 10.1. The lowest BCUT2D eigenvalue weighted by atomic mass is 9.43. The maximum atomic E-state index is 5.25. The van der Waals surface area contributed by atoms with Gasteiger partial charge in [-0.1, -0.05) is 127 Å². The van der Waals surface area contributed by atoms with Crippen LogP contribution in [0.5, 0.6) is 0 Å². The Bertz CT molecular complexity index is 2070. The monoisotopic (exact) mass is 593 g/mol. The van der Waals surface area contributed by atoms with Crippen LogP contribution in [-0.2, 0) is 5.41 Å². The molecule has 4 saturated carbocycles. The Balaban J connectivity index is 1.17. The Labute approximate surface area is 270 Å². The van der Waals surface area contributed by atoms with E-state index in [0.29, 0.717) is 11.6 Å². The molecular formula is C43H35N3. The molecule has 6 aromatic rings. The Morgan fingerprint density at radius 1 is 0.391 bits per heavy atom. The molecule has 0 atom stereocenters. The van der Waals surface area contributed by atoms with Gasteiger partial charge in [-0.15, -0.1) is 0 Å². The number of nitrogens with zero attached hydrogens (tertiary/aromatic N) is 3. The van der Waals surface area contributed by atoms with E-state index in [4.69, 9.17) is 15.0 Å². The molecule has 0 aliphatic heterocycles. The average Bonchev–Trinajstić information content (AvgIpc) is 3.42. The van der Waals surface area contributed by atoms with Crippen LogP contribution >= 0.6 is 0 Å². The van der Waals surface area contributed by atoms with Crippen molar-refractivity contribution in [1.82, 2.24) is 15.0 Å². The van der Waals surface area contributed by atoms with Gasteiger partial charge < -0.3 is 0 Å². The Kier molecular flexibility index (Phi) is 5.76. The first-order valence-electron chi connectivity index (χ1n) is 17.0. The van der Waals surface area contributed by atoms with E-state index in [1.165, 1.54) is 59.9 Å². The van der Waals surface area contributed by atoms with Gasteiger partial charge in [0.1, 0.15) is 0 Å².